The molecule has 7 heteroatoms. The molecule has 0 unspecified atom stereocenters. The van der Waals surface area contributed by atoms with Gasteiger partial charge in [-0.1, -0.05) is 6.07 Å². The Morgan fingerprint density at radius 1 is 1.56 bits per heavy atom. The van der Waals surface area contributed by atoms with Crippen molar-refractivity contribution in [2.24, 2.45) is 5.73 Å². The van der Waals surface area contributed by atoms with Crippen LogP contribution in [0.3, 0.4) is 0 Å². The van der Waals surface area contributed by atoms with Gasteiger partial charge in [0, 0.05) is 4.88 Å². The van der Waals surface area contributed by atoms with Crippen molar-refractivity contribution < 1.29 is 4.79 Å². The molecule has 0 saturated heterocycles. The number of carbonyl (C=O) groups excluding carboxylic acids is 1. The lowest BCUT2D eigenvalue weighted by Crippen LogP contribution is -2.14. The first-order valence-corrected chi connectivity index (χ1v) is 6.71. The van der Waals surface area contributed by atoms with Gasteiger partial charge in [-0.15, -0.1) is 22.7 Å². The van der Waals surface area contributed by atoms with E-state index in [0.29, 0.717) is 16.4 Å². The van der Waals surface area contributed by atoms with E-state index < -0.39 is 5.91 Å². The Kier molecular flexibility index (Phi) is 3.50. The molecule has 18 heavy (non-hydrogen) atoms. The third-order valence-corrected chi connectivity index (χ3v) is 4.24. The summed E-state index contributed by atoms with van der Waals surface area (Å²) in [5.41, 5.74) is 11.3. The quantitative estimate of drug-likeness (QED) is 0.795. The molecule has 0 aliphatic carbocycles. The Labute approximate surface area is 112 Å². The van der Waals surface area contributed by atoms with E-state index in [2.05, 4.69) is 5.32 Å². The van der Waals surface area contributed by atoms with Crippen LogP contribution in [0.25, 0.3) is 0 Å². The minimum Gasteiger partial charge on any atom is -0.396 e. The molecule has 0 aliphatic heterocycles. The van der Waals surface area contributed by atoms with Gasteiger partial charge in [-0.3, -0.25) is 4.79 Å². The molecular formula is C11H10N4OS2. The molecule has 92 valence electrons. The highest BCUT2D eigenvalue weighted by Crippen LogP contribution is 2.35. The number of hydrogen-bond donors (Lipinski definition) is 3. The molecule has 0 aliphatic rings. The monoisotopic (exact) mass is 278 g/mol. The van der Waals surface area contributed by atoms with Gasteiger partial charge < -0.3 is 16.8 Å². The molecule has 5 nitrogen and oxygen atoms in total. The zero-order valence-corrected chi connectivity index (χ0v) is 10.9. The predicted molar refractivity (Wildman–Crippen MR) is 73.6 cm³/mol. The molecule has 0 spiro atoms. The molecule has 0 fully saturated rings. The molecule has 1 amide bonds. The van der Waals surface area contributed by atoms with Crippen LogP contribution in [-0.4, -0.2) is 5.91 Å². The van der Waals surface area contributed by atoms with Crippen molar-refractivity contribution in [2.75, 3.05) is 11.1 Å². The molecule has 2 rings (SSSR count). The Bertz CT molecular complexity index is 610. The SMILES string of the molecule is N#Cc1sc(NCc2cccs2)c(C(N)=O)c1N. The van der Waals surface area contributed by atoms with E-state index in [9.17, 15) is 4.79 Å². The first kappa shape index (κ1) is 12.4. The largest absolute Gasteiger partial charge is 0.396 e. The van der Waals surface area contributed by atoms with E-state index in [-0.39, 0.29) is 11.3 Å². The van der Waals surface area contributed by atoms with Gasteiger partial charge in [0.15, 0.2) is 0 Å². The van der Waals surface area contributed by atoms with Crippen LogP contribution in [0.4, 0.5) is 10.7 Å². The fraction of sp³-hybridized carbons (Fsp3) is 0.0909. The normalized spacial score (nSPS) is 9.94. The number of nitrogen functional groups attached to an aromatic ring is 1. The maximum absolute atomic E-state index is 11.3. The highest BCUT2D eigenvalue weighted by molar-refractivity contribution is 7.17. The maximum Gasteiger partial charge on any atom is 0.253 e. The van der Waals surface area contributed by atoms with Crippen LogP contribution in [0.2, 0.25) is 0 Å². The second-order valence-electron chi connectivity index (χ2n) is 3.46. The lowest BCUT2D eigenvalue weighted by atomic mass is 10.2. The van der Waals surface area contributed by atoms with E-state index in [4.69, 9.17) is 16.7 Å². The third kappa shape index (κ3) is 2.30. The van der Waals surface area contributed by atoms with Crippen LogP contribution in [0.15, 0.2) is 17.5 Å². The molecule has 0 radical (unpaired) electrons. The van der Waals surface area contributed by atoms with Crippen LogP contribution < -0.4 is 16.8 Å². The van der Waals surface area contributed by atoms with Crippen LogP contribution in [0, 0.1) is 11.3 Å². The summed E-state index contributed by atoms with van der Waals surface area (Å²) in [7, 11) is 0. The number of nitrogens with one attached hydrogen (secondary N) is 1. The number of nitrogens with zero attached hydrogens (tertiary/aromatic N) is 1. The topological polar surface area (TPSA) is 105 Å². The van der Waals surface area contributed by atoms with E-state index >= 15 is 0 Å². The second-order valence-corrected chi connectivity index (χ2v) is 5.51. The zero-order valence-electron chi connectivity index (χ0n) is 9.27. The number of hydrogen-bond acceptors (Lipinski definition) is 6. The van der Waals surface area contributed by atoms with Gasteiger partial charge in [-0.2, -0.15) is 5.26 Å². The number of anilines is 2. The number of nitriles is 1. The van der Waals surface area contributed by atoms with Gasteiger partial charge in [-0.05, 0) is 11.4 Å². The lowest BCUT2D eigenvalue weighted by Gasteiger charge is -2.03. The number of thiophene rings is 2. The number of nitrogens with two attached hydrogens (primary N) is 2. The molecular weight excluding hydrogens is 268 g/mol. The van der Waals surface area contributed by atoms with Crippen LogP contribution in [-0.2, 0) is 6.54 Å². The molecule has 0 bridgehead atoms. The van der Waals surface area contributed by atoms with Gasteiger partial charge >= 0.3 is 0 Å². The van der Waals surface area contributed by atoms with Gasteiger partial charge in [-0.25, -0.2) is 0 Å². The molecule has 0 saturated carbocycles. The molecule has 2 aromatic rings. The Morgan fingerprint density at radius 3 is 2.89 bits per heavy atom. The van der Waals surface area contributed by atoms with Gasteiger partial charge in [0.1, 0.15) is 15.9 Å². The van der Waals surface area contributed by atoms with Gasteiger partial charge in [0.05, 0.1) is 17.8 Å². The van der Waals surface area contributed by atoms with Crippen LogP contribution >= 0.6 is 22.7 Å². The molecule has 5 N–H and O–H groups in total. The average Bonchev–Trinajstić information content (AvgIpc) is 2.93. The summed E-state index contributed by atoms with van der Waals surface area (Å²) in [4.78, 5) is 12.8. The van der Waals surface area contributed by atoms with Crippen molar-refractivity contribution in [2.45, 2.75) is 6.54 Å². The number of amides is 1. The summed E-state index contributed by atoms with van der Waals surface area (Å²) in [6.45, 7) is 0.572. The van der Waals surface area contributed by atoms with Crippen LogP contribution in [0.5, 0.6) is 0 Å². The maximum atomic E-state index is 11.3. The Hall–Kier alpha value is -2.04. The van der Waals surface area contributed by atoms with Crippen molar-refractivity contribution in [1.82, 2.24) is 0 Å². The number of rotatable bonds is 4. The lowest BCUT2D eigenvalue weighted by molar-refractivity contribution is 0.100. The molecule has 0 atom stereocenters. The van der Waals surface area contributed by atoms with Gasteiger partial charge in [0.2, 0.25) is 0 Å². The summed E-state index contributed by atoms with van der Waals surface area (Å²) in [5, 5.41) is 14.5. The van der Waals surface area contributed by atoms with Crippen molar-refractivity contribution >= 4 is 39.3 Å². The van der Waals surface area contributed by atoms with Crippen molar-refractivity contribution in [3.05, 3.63) is 32.8 Å². The molecule has 2 heterocycles. The van der Waals surface area contributed by atoms with Gasteiger partial charge in [0.25, 0.3) is 5.91 Å². The van der Waals surface area contributed by atoms with Crippen LogP contribution in [0.1, 0.15) is 20.1 Å². The molecule has 0 aromatic carbocycles. The first-order valence-electron chi connectivity index (χ1n) is 5.02. The minimum atomic E-state index is -0.626. The summed E-state index contributed by atoms with van der Waals surface area (Å²) >= 11 is 2.75. The predicted octanol–water partition coefficient (Wildman–Crippen LogP) is 1.97. The fourth-order valence-electron chi connectivity index (χ4n) is 1.48. The number of primary amides is 1. The smallest absolute Gasteiger partial charge is 0.253 e. The minimum absolute atomic E-state index is 0.156. The highest BCUT2D eigenvalue weighted by atomic mass is 32.1. The summed E-state index contributed by atoms with van der Waals surface area (Å²) in [6.07, 6.45) is 0. The van der Waals surface area contributed by atoms with E-state index in [1.165, 1.54) is 0 Å². The van der Waals surface area contributed by atoms with E-state index in [1.54, 1.807) is 11.3 Å². The van der Waals surface area contributed by atoms with Crippen molar-refractivity contribution in [1.29, 1.82) is 5.26 Å². The second kappa shape index (κ2) is 5.08. The molecule has 2 aromatic heterocycles. The summed E-state index contributed by atoms with van der Waals surface area (Å²) in [6, 6.07) is 5.87. The number of carbonyl (C=O) groups is 1. The summed E-state index contributed by atoms with van der Waals surface area (Å²) in [5.74, 6) is -0.626. The van der Waals surface area contributed by atoms with E-state index in [1.807, 2.05) is 23.6 Å². The third-order valence-electron chi connectivity index (χ3n) is 2.30. The van der Waals surface area contributed by atoms with E-state index in [0.717, 1.165) is 16.2 Å². The standard InChI is InChI=1S/C11H10N4OS2/c12-4-7-9(13)8(10(14)16)11(18-7)15-5-6-2-1-3-17-6/h1-3,15H,5,13H2,(H2,14,16). The Morgan fingerprint density at radius 2 is 2.33 bits per heavy atom. The Balaban J connectivity index is 2.27. The fourth-order valence-corrected chi connectivity index (χ4v) is 3.04. The summed E-state index contributed by atoms with van der Waals surface area (Å²) < 4.78 is 0. The van der Waals surface area contributed by atoms with Crippen molar-refractivity contribution in [3.63, 3.8) is 0 Å². The highest BCUT2D eigenvalue weighted by Gasteiger charge is 2.19. The average molecular weight is 278 g/mol. The first-order chi connectivity index (χ1) is 8.63. The van der Waals surface area contributed by atoms with Crippen molar-refractivity contribution in [3.8, 4) is 6.07 Å². The zero-order chi connectivity index (χ0) is 13.1.